The summed E-state index contributed by atoms with van der Waals surface area (Å²) in [4.78, 5) is 23.5. The lowest BCUT2D eigenvalue weighted by Gasteiger charge is -2.11. The first-order valence-corrected chi connectivity index (χ1v) is 17.0. The molecule has 0 radical (unpaired) electrons. The SMILES string of the molecule is [2H]C([2H])(OC)C([2H])([2H])C([2H])([2H])Oc1ccnc(CS(=O)c2nc3ccccc3[nH]2)c1C.[2H]C([2H])(OC)C([2H])([2H])C([2H])([2H])Oc1ccnc(CSc2nc3ccccc3[nH]2)c1C. The van der Waals surface area contributed by atoms with Crippen LogP contribution in [-0.4, -0.2) is 74.6 Å². The summed E-state index contributed by atoms with van der Waals surface area (Å²) in [6, 6.07) is 17.7. The summed E-state index contributed by atoms with van der Waals surface area (Å²) < 4.78 is 126. The number of fused-ring (bicyclic) bond motifs is 2. The summed E-state index contributed by atoms with van der Waals surface area (Å²) in [5.41, 5.74) is 5.04. The molecular formula is C36H42N6O5S2. The van der Waals surface area contributed by atoms with Crippen LogP contribution in [0.15, 0.2) is 83.4 Å². The van der Waals surface area contributed by atoms with Gasteiger partial charge in [-0.05, 0) is 50.2 Å². The Morgan fingerprint density at radius 1 is 0.735 bits per heavy atom. The molecule has 1 atom stereocenters. The van der Waals surface area contributed by atoms with Crippen molar-refractivity contribution >= 4 is 44.6 Å². The number of hydrogen-bond acceptors (Lipinski definition) is 10. The Labute approximate surface area is 309 Å². The molecule has 0 amide bonds. The lowest BCUT2D eigenvalue weighted by atomic mass is 10.2. The van der Waals surface area contributed by atoms with Gasteiger partial charge in [-0.1, -0.05) is 36.0 Å². The highest BCUT2D eigenvalue weighted by molar-refractivity contribution is 7.98. The highest BCUT2D eigenvalue weighted by atomic mass is 32.2. The van der Waals surface area contributed by atoms with Gasteiger partial charge in [0.05, 0.1) is 74.1 Å². The second-order valence-electron chi connectivity index (χ2n) is 9.93. The molecule has 11 nitrogen and oxygen atoms in total. The van der Waals surface area contributed by atoms with E-state index >= 15 is 0 Å². The number of thioether (sulfide) groups is 1. The van der Waals surface area contributed by atoms with E-state index in [-0.39, 0.29) is 22.4 Å². The van der Waals surface area contributed by atoms with Crippen molar-refractivity contribution in [3.05, 3.63) is 95.6 Å². The van der Waals surface area contributed by atoms with Gasteiger partial charge in [0.1, 0.15) is 11.5 Å². The van der Waals surface area contributed by atoms with Crippen molar-refractivity contribution in [1.29, 1.82) is 0 Å². The molecular weight excluding hydrogens is 661 g/mol. The molecule has 1 unspecified atom stereocenters. The van der Waals surface area contributed by atoms with Gasteiger partial charge in [-0.2, -0.15) is 0 Å². The molecule has 6 aromatic rings. The predicted octanol–water partition coefficient (Wildman–Crippen LogP) is 6.96. The number of benzene rings is 2. The fourth-order valence-corrected chi connectivity index (χ4v) is 6.31. The molecule has 0 aliphatic rings. The summed E-state index contributed by atoms with van der Waals surface area (Å²) in [5, 5.41) is 0.984. The molecule has 0 aliphatic carbocycles. The van der Waals surface area contributed by atoms with E-state index in [2.05, 4.69) is 39.4 Å². The molecule has 0 bridgehead atoms. The predicted molar refractivity (Wildman–Crippen MR) is 194 cm³/mol. The summed E-state index contributed by atoms with van der Waals surface area (Å²) in [6.45, 7) is -8.65. The van der Waals surface area contributed by atoms with E-state index in [1.807, 2.05) is 42.5 Å². The van der Waals surface area contributed by atoms with Gasteiger partial charge in [0, 0.05) is 74.8 Å². The van der Waals surface area contributed by atoms with Gasteiger partial charge >= 0.3 is 0 Å². The van der Waals surface area contributed by atoms with Crippen LogP contribution >= 0.6 is 11.8 Å². The normalized spacial score (nSPS) is 17.1. The molecule has 0 aliphatic heterocycles. The molecule has 0 fully saturated rings. The highest BCUT2D eigenvalue weighted by Crippen LogP contribution is 2.27. The topological polar surface area (TPSA) is 137 Å². The summed E-state index contributed by atoms with van der Waals surface area (Å²) in [6.07, 6.45) is -3.45. The first-order valence-electron chi connectivity index (χ1n) is 20.7. The fourth-order valence-electron chi connectivity index (χ4n) is 4.30. The van der Waals surface area contributed by atoms with Crippen LogP contribution in [0.25, 0.3) is 22.1 Å². The van der Waals surface area contributed by atoms with Crippen molar-refractivity contribution in [3.8, 4) is 11.5 Å². The number of para-hydroxylation sites is 4. The van der Waals surface area contributed by atoms with Crippen molar-refractivity contribution < 1.29 is 39.6 Å². The van der Waals surface area contributed by atoms with Crippen molar-refractivity contribution in [2.45, 2.75) is 48.4 Å². The number of nitrogens with one attached hydrogen (secondary N) is 2. The van der Waals surface area contributed by atoms with Gasteiger partial charge < -0.3 is 28.9 Å². The van der Waals surface area contributed by atoms with Gasteiger partial charge in [0.15, 0.2) is 10.3 Å². The third-order valence-electron chi connectivity index (χ3n) is 6.81. The van der Waals surface area contributed by atoms with Crippen LogP contribution in [0.3, 0.4) is 0 Å². The molecule has 0 spiro atoms. The number of pyridine rings is 2. The van der Waals surface area contributed by atoms with E-state index in [0.717, 1.165) is 30.8 Å². The molecule has 0 saturated carbocycles. The molecule has 4 heterocycles. The average molecular weight is 715 g/mol. The fraction of sp³-hybridized carbons (Fsp3) is 0.333. The van der Waals surface area contributed by atoms with Crippen molar-refractivity contribution in [3.63, 3.8) is 0 Å². The molecule has 13 heteroatoms. The van der Waals surface area contributed by atoms with E-state index in [1.54, 1.807) is 19.9 Å². The van der Waals surface area contributed by atoms with E-state index in [0.29, 0.717) is 38.9 Å². The molecule has 6 rings (SSSR count). The number of H-pyrrole nitrogens is 2. The number of nitrogens with zero attached hydrogens (tertiary/aromatic N) is 4. The molecule has 2 N–H and O–H groups in total. The number of rotatable bonds is 16. The van der Waals surface area contributed by atoms with Crippen LogP contribution < -0.4 is 9.47 Å². The molecule has 49 heavy (non-hydrogen) atoms. The van der Waals surface area contributed by atoms with Gasteiger partial charge in [-0.3, -0.25) is 14.2 Å². The Bertz CT molecular complexity index is 2440. The number of aromatic amines is 2. The average Bonchev–Trinajstić information content (AvgIpc) is 3.84. The lowest BCUT2D eigenvalue weighted by molar-refractivity contribution is 0.171. The van der Waals surface area contributed by atoms with E-state index in [9.17, 15) is 4.21 Å². The first kappa shape index (κ1) is 23.2. The van der Waals surface area contributed by atoms with Crippen LogP contribution in [-0.2, 0) is 31.8 Å². The van der Waals surface area contributed by atoms with Gasteiger partial charge in [-0.15, -0.1) is 0 Å². The monoisotopic (exact) mass is 714 g/mol. The Morgan fingerprint density at radius 3 is 1.88 bits per heavy atom. The van der Waals surface area contributed by atoms with E-state index in [1.165, 1.54) is 36.3 Å². The van der Waals surface area contributed by atoms with E-state index in [4.69, 9.17) is 25.9 Å². The maximum absolute atomic E-state index is 12.8. The minimum absolute atomic E-state index is 0.0301. The zero-order valence-electron chi connectivity index (χ0n) is 39.0. The minimum atomic E-state index is -3.14. The Balaban J connectivity index is 0.000000231. The summed E-state index contributed by atoms with van der Waals surface area (Å²) >= 11 is 1.42. The third kappa shape index (κ3) is 10.1. The van der Waals surface area contributed by atoms with Crippen LogP contribution in [0.1, 0.15) is 51.7 Å². The van der Waals surface area contributed by atoms with Crippen molar-refractivity contribution in [2.24, 2.45) is 0 Å². The van der Waals surface area contributed by atoms with Gasteiger partial charge in [-0.25, -0.2) is 9.97 Å². The van der Waals surface area contributed by atoms with Crippen molar-refractivity contribution in [1.82, 2.24) is 29.9 Å². The van der Waals surface area contributed by atoms with Crippen LogP contribution in [0.4, 0.5) is 0 Å². The summed E-state index contributed by atoms with van der Waals surface area (Å²) in [5.74, 6) is 0.424. The zero-order valence-corrected chi connectivity index (χ0v) is 28.6. The van der Waals surface area contributed by atoms with Gasteiger partial charge in [0.2, 0.25) is 0 Å². The second kappa shape index (κ2) is 18.5. The standard InChI is InChI=1S/C18H21N3O3S.C18H21N3O2S/c1-13-16(19-9-8-17(13)24-11-5-10-23-2)12-25(22)18-20-14-6-3-4-7-15(14)21-18;1-13-16(19-9-8-17(13)23-11-5-10-22-2)12-24-18-20-14-6-3-4-7-15(14)21-18/h3-4,6-9H,5,10-12H2,1-2H3,(H,20,21);3-4,6-9H,5,10-12H2,1-2H3,(H,20,21)/i2*5D2,10D2,11D2. The maximum atomic E-state index is 12.8. The molecule has 2 aromatic carbocycles. The second-order valence-corrected chi connectivity index (χ2v) is 12.3. The molecule has 258 valence electrons. The molecule has 0 saturated heterocycles. The quantitative estimate of drug-likeness (QED) is 0.101. The Morgan fingerprint density at radius 2 is 1.29 bits per heavy atom. The third-order valence-corrected chi connectivity index (χ3v) is 8.86. The lowest BCUT2D eigenvalue weighted by Crippen LogP contribution is -2.06. The number of imidazole rings is 2. The van der Waals surface area contributed by atoms with Gasteiger partial charge in [0.25, 0.3) is 0 Å². The number of methoxy groups -OCH3 is 2. The first-order chi connectivity index (χ1) is 28.4. The van der Waals surface area contributed by atoms with Crippen molar-refractivity contribution in [2.75, 3.05) is 40.5 Å². The van der Waals surface area contributed by atoms with Crippen LogP contribution in [0.5, 0.6) is 11.5 Å². The van der Waals surface area contributed by atoms with Crippen LogP contribution in [0, 0.1) is 13.8 Å². The largest absolute Gasteiger partial charge is 0.493 e. The smallest absolute Gasteiger partial charge is 0.197 e. The Kier molecular flexibility index (Phi) is 8.73. The Hall–Kier alpha value is -4.30. The molecule has 4 aromatic heterocycles. The minimum Gasteiger partial charge on any atom is -0.493 e. The number of ether oxygens (including phenoxy) is 4. The van der Waals surface area contributed by atoms with E-state index < -0.39 is 49.8 Å². The van der Waals surface area contributed by atoms with Crippen LogP contribution in [0.2, 0.25) is 0 Å². The number of hydrogen-bond donors (Lipinski definition) is 2. The number of aromatic nitrogens is 6. The zero-order chi connectivity index (χ0) is 45.2. The highest BCUT2D eigenvalue weighted by Gasteiger charge is 2.15. The maximum Gasteiger partial charge on any atom is 0.197 e. The summed E-state index contributed by atoms with van der Waals surface area (Å²) in [7, 11) is 0.339.